The Morgan fingerprint density at radius 1 is 0.897 bits per heavy atom. The molecule has 2 saturated heterocycles. The van der Waals surface area contributed by atoms with E-state index in [1.807, 2.05) is 13.0 Å². The normalized spacial score (nSPS) is 17.0. The minimum absolute atomic E-state index is 0.104. The largest absolute Gasteiger partial charge is 0.356 e. The van der Waals surface area contributed by atoms with E-state index in [1.165, 1.54) is 12.8 Å². The zero-order chi connectivity index (χ0) is 20.4. The van der Waals surface area contributed by atoms with Gasteiger partial charge in [0, 0.05) is 62.8 Å². The molecule has 7 nitrogen and oxygen atoms in total. The molecule has 2 aromatic rings. The number of amides is 2. The highest BCUT2D eigenvalue weighted by Gasteiger charge is 2.24. The molecule has 1 aromatic carbocycles. The van der Waals surface area contributed by atoms with Gasteiger partial charge in [0.2, 0.25) is 5.95 Å². The van der Waals surface area contributed by atoms with Crippen molar-refractivity contribution in [3.8, 4) is 0 Å². The van der Waals surface area contributed by atoms with Crippen molar-refractivity contribution in [2.45, 2.75) is 19.8 Å². The maximum atomic E-state index is 13.3. The first kappa shape index (κ1) is 19.4. The number of rotatable bonds is 3. The molecule has 0 aliphatic carbocycles. The van der Waals surface area contributed by atoms with Crippen LogP contribution < -0.4 is 15.1 Å². The van der Waals surface area contributed by atoms with E-state index >= 15 is 0 Å². The molecule has 0 atom stereocenters. The maximum Gasteiger partial charge on any atom is 0.321 e. The summed E-state index contributed by atoms with van der Waals surface area (Å²) in [4.78, 5) is 27.7. The first-order chi connectivity index (χ1) is 14.0. The molecule has 2 aliphatic rings. The third-order valence-corrected chi connectivity index (χ3v) is 5.22. The van der Waals surface area contributed by atoms with E-state index in [0.29, 0.717) is 32.1 Å². The second-order valence-electron chi connectivity index (χ2n) is 7.42. The summed E-state index contributed by atoms with van der Waals surface area (Å²) in [7, 11) is 0. The summed E-state index contributed by atoms with van der Waals surface area (Å²) in [5.41, 5.74) is 1.03. The van der Waals surface area contributed by atoms with Crippen LogP contribution in [0.4, 0.5) is 31.0 Å². The lowest BCUT2D eigenvalue weighted by atomic mass is 10.3. The number of nitrogens with one attached hydrogen (secondary N) is 1. The van der Waals surface area contributed by atoms with Crippen molar-refractivity contribution in [3.05, 3.63) is 41.6 Å². The average Bonchev–Trinajstić information content (AvgIpc) is 3.22. The molecule has 4 rings (SSSR count). The molecule has 1 aromatic heterocycles. The van der Waals surface area contributed by atoms with Gasteiger partial charge in [-0.05, 0) is 31.9 Å². The molecule has 2 aliphatic heterocycles. The van der Waals surface area contributed by atoms with E-state index in [0.717, 1.165) is 42.8 Å². The maximum absolute atomic E-state index is 13.3. The lowest BCUT2D eigenvalue weighted by Crippen LogP contribution is -2.50. The van der Waals surface area contributed by atoms with Crippen LogP contribution in [0.2, 0.25) is 0 Å². The van der Waals surface area contributed by atoms with Gasteiger partial charge in [-0.1, -0.05) is 0 Å². The van der Waals surface area contributed by atoms with Crippen LogP contribution in [0.5, 0.6) is 0 Å². The highest BCUT2D eigenvalue weighted by Crippen LogP contribution is 2.22. The minimum Gasteiger partial charge on any atom is -0.356 e. The third-order valence-electron chi connectivity index (χ3n) is 5.22. The second kappa shape index (κ2) is 8.18. The number of carbonyl (C=O) groups is 1. The SMILES string of the molecule is Cc1cc(N2CCCC2)nc(N2CCN(C(=O)Nc3cc(F)cc(F)c3)CC2)n1. The summed E-state index contributed by atoms with van der Waals surface area (Å²) in [5.74, 6) is 0.184. The number of carbonyl (C=O) groups excluding carboxylic acids is 1. The molecule has 2 amide bonds. The molecule has 154 valence electrons. The molecular weight excluding hydrogens is 378 g/mol. The first-order valence-corrected chi connectivity index (χ1v) is 9.85. The van der Waals surface area contributed by atoms with Gasteiger partial charge in [-0.2, -0.15) is 4.98 Å². The van der Waals surface area contributed by atoms with Gasteiger partial charge in [0.05, 0.1) is 0 Å². The summed E-state index contributed by atoms with van der Waals surface area (Å²) in [6.45, 7) is 6.13. The molecule has 9 heteroatoms. The molecule has 29 heavy (non-hydrogen) atoms. The average molecular weight is 402 g/mol. The zero-order valence-corrected chi connectivity index (χ0v) is 16.4. The molecule has 0 spiro atoms. The van der Waals surface area contributed by atoms with Crippen LogP contribution in [0.15, 0.2) is 24.3 Å². The number of urea groups is 1. The van der Waals surface area contributed by atoms with E-state index < -0.39 is 11.6 Å². The van der Waals surface area contributed by atoms with E-state index in [1.54, 1.807) is 4.90 Å². The first-order valence-electron chi connectivity index (χ1n) is 9.85. The van der Waals surface area contributed by atoms with Crippen molar-refractivity contribution in [3.63, 3.8) is 0 Å². The number of hydrogen-bond acceptors (Lipinski definition) is 5. The molecule has 3 heterocycles. The zero-order valence-electron chi connectivity index (χ0n) is 16.4. The van der Waals surface area contributed by atoms with Crippen LogP contribution in [0, 0.1) is 18.6 Å². The smallest absolute Gasteiger partial charge is 0.321 e. The van der Waals surface area contributed by atoms with Crippen LogP contribution in [-0.4, -0.2) is 60.2 Å². The van der Waals surface area contributed by atoms with Gasteiger partial charge in [0.1, 0.15) is 17.5 Å². The van der Waals surface area contributed by atoms with E-state index in [2.05, 4.69) is 20.1 Å². The fraction of sp³-hybridized carbons (Fsp3) is 0.450. The van der Waals surface area contributed by atoms with Crippen molar-refractivity contribution in [2.24, 2.45) is 0 Å². The lowest BCUT2D eigenvalue weighted by molar-refractivity contribution is 0.208. The van der Waals surface area contributed by atoms with Crippen LogP contribution in [0.3, 0.4) is 0 Å². The Hall–Kier alpha value is -2.97. The van der Waals surface area contributed by atoms with Crippen molar-refractivity contribution < 1.29 is 13.6 Å². The predicted octanol–water partition coefficient (Wildman–Crippen LogP) is 3.02. The molecule has 2 fully saturated rings. The van der Waals surface area contributed by atoms with Crippen LogP contribution >= 0.6 is 0 Å². The molecule has 0 radical (unpaired) electrons. The van der Waals surface area contributed by atoms with Gasteiger partial charge < -0.3 is 20.0 Å². The van der Waals surface area contributed by atoms with E-state index in [4.69, 9.17) is 4.98 Å². The summed E-state index contributed by atoms with van der Waals surface area (Å²) >= 11 is 0. The Morgan fingerprint density at radius 2 is 1.55 bits per heavy atom. The quantitative estimate of drug-likeness (QED) is 0.855. The molecule has 0 bridgehead atoms. The number of halogens is 2. The number of hydrogen-bond donors (Lipinski definition) is 1. The Morgan fingerprint density at radius 3 is 2.21 bits per heavy atom. The van der Waals surface area contributed by atoms with Crippen LogP contribution in [0.25, 0.3) is 0 Å². The highest BCUT2D eigenvalue weighted by molar-refractivity contribution is 5.89. The monoisotopic (exact) mass is 402 g/mol. The Kier molecular flexibility index (Phi) is 5.46. The van der Waals surface area contributed by atoms with Gasteiger partial charge in [-0.25, -0.2) is 18.6 Å². The second-order valence-corrected chi connectivity index (χ2v) is 7.42. The van der Waals surface area contributed by atoms with Gasteiger partial charge in [0.15, 0.2) is 0 Å². The van der Waals surface area contributed by atoms with Gasteiger partial charge in [0.25, 0.3) is 0 Å². The highest BCUT2D eigenvalue weighted by atomic mass is 19.1. The number of aromatic nitrogens is 2. The Balaban J connectivity index is 1.38. The van der Waals surface area contributed by atoms with Crippen molar-refractivity contribution in [2.75, 3.05) is 54.4 Å². The van der Waals surface area contributed by atoms with Crippen LogP contribution in [0.1, 0.15) is 18.5 Å². The fourth-order valence-electron chi connectivity index (χ4n) is 3.72. The third kappa shape index (κ3) is 4.55. The molecule has 0 unspecified atom stereocenters. The molecule has 0 saturated carbocycles. The van der Waals surface area contributed by atoms with Gasteiger partial charge in [-0.3, -0.25) is 0 Å². The van der Waals surface area contributed by atoms with Crippen molar-refractivity contribution >= 4 is 23.5 Å². The molecule has 1 N–H and O–H groups in total. The van der Waals surface area contributed by atoms with Crippen molar-refractivity contribution in [1.29, 1.82) is 0 Å². The lowest BCUT2D eigenvalue weighted by Gasteiger charge is -2.35. The Bertz CT molecular complexity index is 874. The summed E-state index contributed by atoms with van der Waals surface area (Å²) in [5, 5.41) is 2.55. The number of benzene rings is 1. The predicted molar refractivity (Wildman–Crippen MR) is 107 cm³/mol. The fourth-order valence-corrected chi connectivity index (χ4v) is 3.72. The topological polar surface area (TPSA) is 64.6 Å². The van der Waals surface area contributed by atoms with Crippen molar-refractivity contribution in [1.82, 2.24) is 14.9 Å². The van der Waals surface area contributed by atoms with Gasteiger partial charge >= 0.3 is 6.03 Å². The summed E-state index contributed by atoms with van der Waals surface area (Å²) in [6.07, 6.45) is 2.36. The number of aryl methyl sites for hydroxylation is 1. The summed E-state index contributed by atoms with van der Waals surface area (Å²) in [6, 6.07) is 4.59. The van der Waals surface area contributed by atoms with Gasteiger partial charge in [-0.15, -0.1) is 0 Å². The standard InChI is InChI=1S/C20H24F2N6O/c1-14-10-18(26-4-2-3-5-26)25-19(23-14)27-6-8-28(9-7-27)20(29)24-17-12-15(21)11-16(22)13-17/h10-13H,2-9H2,1H3,(H,24,29). The number of anilines is 3. The summed E-state index contributed by atoms with van der Waals surface area (Å²) < 4.78 is 26.6. The number of piperazine rings is 1. The van der Waals surface area contributed by atoms with E-state index in [9.17, 15) is 13.6 Å². The minimum atomic E-state index is -0.726. The Labute approximate surface area is 168 Å². The van der Waals surface area contributed by atoms with Crippen LogP contribution in [-0.2, 0) is 0 Å². The molecular formula is C20H24F2N6O. The van der Waals surface area contributed by atoms with E-state index in [-0.39, 0.29) is 11.7 Å². The number of nitrogens with zero attached hydrogens (tertiary/aromatic N) is 5.